The van der Waals surface area contributed by atoms with Crippen LogP contribution in [-0.2, 0) is 21.4 Å². The number of amidine groups is 1. The van der Waals surface area contributed by atoms with Crippen molar-refractivity contribution >= 4 is 50.3 Å². The summed E-state index contributed by atoms with van der Waals surface area (Å²) in [6.07, 6.45) is 1.16. The van der Waals surface area contributed by atoms with Crippen molar-refractivity contribution in [2.45, 2.75) is 32.1 Å². The summed E-state index contributed by atoms with van der Waals surface area (Å²) in [6, 6.07) is 19.8. The Morgan fingerprint density at radius 3 is 2.17 bits per heavy atom. The number of sulfonamides is 1. The molecule has 0 fully saturated rings. The number of anilines is 2. The average molecular weight is 606 g/mol. The van der Waals surface area contributed by atoms with Gasteiger partial charge in [0, 0.05) is 11.4 Å². The molecule has 0 bridgehead atoms. The second kappa shape index (κ2) is 12.4. The van der Waals surface area contributed by atoms with Crippen LogP contribution in [0.25, 0.3) is 6.08 Å². The maximum absolute atomic E-state index is 12.5. The van der Waals surface area contributed by atoms with E-state index in [9.17, 15) is 31.5 Å². The van der Waals surface area contributed by atoms with Gasteiger partial charge in [-0.05, 0) is 76.8 Å². The van der Waals surface area contributed by atoms with E-state index in [0.717, 1.165) is 40.6 Å². The van der Waals surface area contributed by atoms with E-state index in [1.54, 1.807) is 30.3 Å². The van der Waals surface area contributed by atoms with Gasteiger partial charge < -0.3 is 15.2 Å². The van der Waals surface area contributed by atoms with Crippen LogP contribution in [0.4, 0.5) is 24.5 Å². The number of benzene rings is 3. The lowest BCUT2D eigenvalue weighted by atomic mass is 9.98. The fraction of sp³-hybridized carbons (Fsp3) is 0.214. The number of thioether (sulfide) groups is 1. The molecule has 13 heteroatoms. The Kier molecular flexibility index (Phi) is 9.10. The van der Waals surface area contributed by atoms with E-state index in [-0.39, 0.29) is 16.8 Å². The molecule has 3 aromatic carbocycles. The Balaban J connectivity index is 1.30. The van der Waals surface area contributed by atoms with Crippen molar-refractivity contribution in [2.24, 2.45) is 10.9 Å². The van der Waals surface area contributed by atoms with Crippen LogP contribution in [0.1, 0.15) is 36.6 Å². The molecule has 1 atom stereocenters. The molecule has 1 aliphatic rings. The molecule has 1 heterocycles. The van der Waals surface area contributed by atoms with Gasteiger partial charge in [-0.3, -0.25) is 9.52 Å². The van der Waals surface area contributed by atoms with Crippen molar-refractivity contribution < 1.29 is 36.2 Å². The highest BCUT2D eigenvalue weighted by Crippen LogP contribution is 2.31. The summed E-state index contributed by atoms with van der Waals surface area (Å²) in [5.41, 5.74) is -2.74. The van der Waals surface area contributed by atoms with E-state index in [4.69, 9.17) is 4.74 Å². The van der Waals surface area contributed by atoms with Gasteiger partial charge in [-0.1, -0.05) is 50.2 Å². The van der Waals surface area contributed by atoms with E-state index in [1.165, 1.54) is 16.9 Å². The van der Waals surface area contributed by atoms with Crippen molar-refractivity contribution in [3.63, 3.8) is 0 Å². The summed E-state index contributed by atoms with van der Waals surface area (Å²) in [5, 5.41) is 13.3. The number of nitrogens with one attached hydrogen (secondary N) is 2. The first-order valence-electron chi connectivity index (χ1n) is 12.3. The van der Waals surface area contributed by atoms with Gasteiger partial charge in [-0.15, -0.1) is 0 Å². The van der Waals surface area contributed by atoms with Gasteiger partial charge in [0.05, 0.1) is 11.0 Å². The molecule has 0 aliphatic carbocycles. The van der Waals surface area contributed by atoms with Crippen LogP contribution in [0, 0.1) is 5.92 Å². The highest BCUT2D eigenvalue weighted by atomic mass is 32.2. The van der Waals surface area contributed by atoms with E-state index in [2.05, 4.69) is 10.3 Å². The van der Waals surface area contributed by atoms with Crippen molar-refractivity contribution in [3.05, 3.63) is 94.4 Å². The Hall–Kier alpha value is -3.81. The first kappa shape index (κ1) is 30.2. The maximum atomic E-state index is 12.5. The second-order valence-corrected chi connectivity index (χ2v) is 12.1. The van der Waals surface area contributed by atoms with Crippen LogP contribution in [0.5, 0.6) is 5.75 Å². The van der Waals surface area contributed by atoms with Crippen LogP contribution in [0.3, 0.4) is 0 Å². The van der Waals surface area contributed by atoms with Crippen molar-refractivity contribution in [2.75, 3.05) is 10.0 Å². The number of aliphatic imine (C=N–C) groups is 1. The molecule has 1 aliphatic heterocycles. The van der Waals surface area contributed by atoms with E-state index in [0.29, 0.717) is 22.9 Å². The number of aliphatic hydroxyl groups excluding tert-OH is 1. The summed E-state index contributed by atoms with van der Waals surface area (Å²) in [5.74, 6) is 0.307. The number of ether oxygens (including phenoxy) is 1. The molecule has 0 aromatic heterocycles. The first-order chi connectivity index (χ1) is 19.3. The van der Waals surface area contributed by atoms with Gasteiger partial charge in [0.1, 0.15) is 12.4 Å². The number of rotatable bonds is 9. The zero-order valence-electron chi connectivity index (χ0n) is 21.8. The molecule has 0 spiro atoms. The summed E-state index contributed by atoms with van der Waals surface area (Å²) in [6.45, 7) is 4.26. The molecule has 41 heavy (non-hydrogen) atoms. The number of nitrogens with zero attached hydrogens (tertiary/aromatic N) is 1. The molecule has 4 rings (SSSR count). The lowest BCUT2D eigenvalue weighted by Crippen LogP contribution is -2.29. The third kappa shape index (κ3) is 7.90. The molecule has 1 amide bonds. The van der Waals surface area contributed by atoms with Gasteiger partial charge in [0.2, 0.25) is 0 Å². The summed E-state index contributed by atoms with van der Waals surface area (Å²) in [7, 11) is -5.52. The van der Waals surface area contributed by atoms with Gasteiger partial charge in [-0.2, -0.15) is 26.6 Å². The van der Waals surface area contributed by atoms with E-state index >= 15 is 0 Å². The quantitative estimate of drug-likeness (QED) is 0.245. The minimum atomic E-state index is -5.52. The number of carbonyl (C=O) groups is 1. The van der Waals surface area contributed by atoms with Crippen LogP contribution in [0.15, 0.2) is 82.7 Å². The van der Waals surface area contributed by atoms with Crippen LogP contribution >= 0.6 is 11.8 Å². The molecule has 0 radical (unpaired) electrons. The zero-order valence-corrected chi connectivity index (χ0v) is 23.5. The second-order valence-electron chi connectivity index (χ2n) is 9.37. The standard InChI is InChI=1S/C28H26F3N3O5S2/c1-17(2)25(35)20-7-3-19(4-8-20)16-39-23-13-5-18(6-14-23)15-24-26(36)33-27(40-24)32-21-9-11-22(12-10-21)34-41(37,38)28(29,30)31/h3-15,17,25,34-35H,16H2,1-2H3,(H,32,33,36)/b24-15-. The highest BCUT2D eigenvalue weighted by Gasteiger charge is 2.46. The predicted molar refractivity (Wildman–Crippen MR) is 154 cm³/mol. The zero-order chi connectivity index (χ0) is 29.8. The van der Waals surface area contributed by atoms with Gasteiger partial charge in [0.15, 0.2) is 5.17 Å². The fourth-order valence-corrected chi connectivity index (χ4v) is 4.99. The molecular formula is C28H26F3N3O5S2. The van der Waals surface area contributed by atoms with Crippen molar-refractivity contribution in [3.8, 4) is 5.75 Å². The van der Waals surface area contributed by atoms with E-state index < -0.39 is 27.5 Å². The van der Waals surface area contributed by atoms with Gasteiger partial charge in [-0.25, -0.2) is 0 Å². The number of amides is 1. The number of hydrogen-bond acceptors (Lipinski definition) is 7. The smallest absolute Gasteiger partial charge is 0.489 e. The normalized spacial score (nSPS) is 15.6. The largest absolute Gasteiger partial charge is 0.516 e. The summed E-state index contributed by atoms with van der Waals surface area (Å²) >= 11 is 1.08. The summed E-state index contributed by atoms with van der Waals surface area (Å²) < 4.78 is 67.4. The molecule has 0 saturated carbocycles. The minimum absolute atomic E-state index is 0.125. The topological polar surface area (TPSA) is 117 Å². The molecule has 1 unspecified atom stereocenters. The molecule has 0 saturated heterocycles. The van der Waals surface area contributed by atoms with Gasteiger partial charge >= 0.3 is 15.5 Å². The van der Waals surface area contributed by atoms with Crippen LogP contribution in [-0.4, -0.2) is 30.1 Å². The van der Waals surface area contributed by atoms with Gasteiger partial charge in [0.25, 0.3) is 5.91 Å². The Morgan fingerprint density at radius 2 is 1.59 bits per heavy atom. The highest BCUT2D eigenvalue weighted by molar-refractivity contribution is 8.18. The lowest BCUT2D eigenvalue weighted by Gasteiger charge is -2.15. The maximum Gasteiger partial charge on any atom is 0.516 e. The molecule has 3 aromatic rings. The van der Waals surface area contributed by atoms with Crippen molar-refractivity contribution in [1.82, 2.24) is 0 Å². The SMILES string of the molecule is CC(C)C(O)c1ccc(COc2ccc(/C=C3\SC(Nc4ccc(NS(=O)(=O)C(F)(F)F)cc4)=NC3=O)cc2)cc1. The fourth-order valence-electron chi connectivity index (χ4n) is 3.59. The average Bonchev–Trinajstić information content (AvgIpc) is 3.26. The summed E-state index contributed by atoms with van der Waals surface area (Å²) in [4.78, 5) is 16.7. The molecular weight excluding hydrogens is 579 g/mol. The number of hydrogen-bond donors (Lipinski definition) is 3. The number of carbonyl (C=O) groups excluding carboxylic acids is 1. The number of halogens is 3. The number of alkyl halides is 3. The third-order valence-corrected chi connectivity index (χ3v) is 7.86. The van der Waals surface area contributed by atoms with Crippen LogP contribution < -0.4 is 14.8 Å². The molecule has 8 nitrogen and oxygen atoms in total. The van der Waals surface area contributed by atoms with E-state index in [1.807, 2.05) is 38.1 Å². The minimum Gasteiger partial charge on any atom is -0.489 e. The molecule has 3 N–H and O–H groups in total. The monoisotopic (exact) mass is 605 g/mol. The van der Waals surface area contributed by atoms with Crippen LogP contribution in [0.2, 0.25) is 0 Å². The Bertz CT molecular complexity index is 1550. The first-order valence-corrected chi connectivity index (χ1v) is 14.6. The Labute approximate surface area is 239 Å². The Morgan fingerprint density at radius 1 is 0.976 bits per heavy atom. The predicted octanol–water partition coefficient (Wildman–Crippen LogP) is 6.30. The lowest BCUT2D eigenvalue weighted by molar-refractivity contribution is -0.113. The third-order valence-electron chi connectivity index (χ3n) is 5.85. The van der Waals surface area contributed by atoms with Crippen molar-refractivity contribution in [1.29, 1.82) is 0 Å². The molecule has 216 valence electrons. The number of aliphatic hydroxyl groups is 1.